The van der Waals surface area contributed by atoms with Gasteiger partial charge in [0, 0.05) is 5.56 Å². The summed E-state index contributed by atoms with van der Waals surface area (Å²) in [5, 5.41) is 10.5. The molecule has 0 heterocycles. The van der Waals surface area contributed by atoms with Crippen LogP contribution in [0, 0.1) is 11.8 Å². The molecule has 0 aromatic heterocycles. The largest absolute Gasteiger partial charge is 0.219 e. The molecule has 0 N–H and O–H groups in total. The molecule has 0 bridgehead atoms. The van der Waals surface area contributed by atoms with Crippen molar-refractivity contribution in [3.05, 3.63) is 35.9 Å². The minimum absolute atomic E-state index is 0.796. The lowest BCUT2D eigenvalue weighted by Gasteiger charge is -1.87. The van der Waals surface area contributed by atoms with Crippen LogP contribution in [0.15, 0.2) is 30.3 Å². The second kappa shape index (κ2) is 3.80. The Bertz CT molecular complexity index is 264. The zero-order chi connectivity index (χ0) is 8.10. The van der Waals surface area contributed by atoms with E-state index in [0.29, 0.717) is 0 Å². The number of benzene rings is 1. The maximum Gasteiger partial charge on any atom is 0.151 e. The van der Waals surface area contributed by atoms with Gasteiger partial charge in [-0.2, -0.15) is 0 Å². The summed E-state index contributed by atoms with van der Waals surface area (Å²) < 4.78 is 0. The fraction of sp³-hybridized carbons (Fsp3) is 0.200. The first kappa shape index (κ1) is 7.84. The summed E-state index contributed by atoms with van der Waals surface area (Å²) in [6, 6.07) is 9.50. The molecule has 0 saturated heterocycles. The van der Waals surface area contributed by atoms with Crippen molar-refractivity contribution in [2.24, 2.45) is 0 Å². The van der Waals surface area contributed by atoms with Gasteiger partial charge in [0.15, 0.2) is 6.10 Å². The highest BCUT2D eigenvalue weighted by Crippen LogP contribution is 1.94. The van der Waals surface area contributed by atoms with Gasteiger partial charge >= 0.3 is 0 Å². The van der Waals surface area contributed by atoms with Crippen LogP contribution in [0.2, 0.25) is 0 Å². The van der Waals surface area contributed by atoms with Crippen molar-refractivity contribution in [1.29, 1.82) is 0 Å². The van der Waals surface area contributed by atoms with E-state index >= 15 is 0 Å². The van der Waals surface area contributed by atoms with Gasteiger partial charge in [0.05, 0.1) is 0 Å². The third-order valence-electron chi connectivity index (χ3n) is 1.19. The van der Waals surface area contributed by atoms with Crippen LogP contribution in [0.25, 0.3) is 0 Å². The molecule has 1 heteroatoms. The predicted molar refractivity (Wildman–Crippen MR) is 43.5 cm³/mol. The maximum atomic E-state index is 10.5. The van der Waals surface area contributed by atoms with Gasteiger partial charge in [-0.15, -0.1) is 0 Å². The minimum Gasteiger partial charge on any atom is -0.219 e. The van der Waals surface area contributed by atoms with Gasteiger partial charge in [-0.25, -0.2) is 5.11 Å². The van der Waals surface area contributed by atoms with Crippen LogP contribution in [0.4, 0.5) is 0 Å². The second-order valence-electron chi connectivity index (χ2n) is 2.28. The molecular weight excluding hydrogens is 136 g/mol. The van der Waals surface area contributed by atoms with Crippen molar-refractivity contribution in [2.75, 3.05) is 0 Å². The molecule has 0 spiro atoms. The summed E-state index contributed by atoms with van der Waals surface area (Å²) in [6.45, 7) is 1.54. The smallest absolute Gasteiger partial charge is 0.151 e. The Morgan fingerprint density at radius 3 is 2.45 bits per heavy atom. The molecule has 0 saturated carbocycles. The Hall–Kier alpha value is -1.26. The van der Waals surface area contributed by atoms with E-state index in [-0.39, 0.29) is 0 Å². The molecule has 0 amide bonds. The third kappa shape index (κ3) is 2.88. The van der Waals surface area contributed by atoms with Gasteiger partial charge in [0.2, 0.25) is 0 Å². The molecule has 1 radical (unpaired) electrons. The Kier molecular flexibility index (Phi) is 2.71. The molecule has 1 atom stereocenters. The monoisotopic (exact) mass is 145 g/mol. The van der Waals surface area contributed by atoms with Crippen molar-refractivity contribution in [3.63, 3.8) is 0 Å². The number of hydrogen-bond donors (Lipinski definition) is 0. The molecule has 55 valence electrons. The van der Waals surface area contributed by atoms with Crippen LogP contribution in [0.5, 0.6) is 0 Å². The highest BCUT2D eigenvalue weighted by Gasteiger charge is 1.86. The van der Waals surface area contributed by atoms with Crippen molar-refractivity contribution in [2.45, 2.75) is 13.0 Å². The highest BCUT2D eigenvalue weighted by molar-refractivity contribution is 5.34. The molecule has 1 aromatic carbocycles. The summed E-state index contributed by atoms with van der Waals surface area (Å²) in [6.07, 6.45) is -0.796. The van der Waals surface area contributed by atoms with Crippen molar-refractivity contribution in [3.8, 4) is 11.8 Å². The summed E-state index contributed by atoms with van der Waals surface area (Å²) in [7, 11) is 0. The topological polar surface area (TPSA) is 19.9 Å². The van der Waals surface area contributed by atoms with Crippen LogP contribution >= 0.6 is 0 Å². The lowest BCUT2D eigenvalue weighted by atomic mass is 10.2. The lowest BCUT2D eigenvalue weighted by Crippen LogP contribution is -1.89. The quantitative estimate of drug-likeness (QED) is 0.496. The fourth-order valence-electron chi connectivity index (χ4n) is 0.706. The summed E-state index contributed by atoms with van der Waals surface area (Å²) in [5.41, 5.74) is 0.898. The first-order chi connectivity index (χ1) is 5.29. The maximum absolute atomic E-state index is 10.5. The second-order valence-corrected chi connectivity index (χ2v) is 2.28. The normalized spacial score (nSPS) is 11.5. The van der Waals surface area contributed by atoms with Crippen LogP contribution in [-0.2, 0) is 5.11 Å². The molecule has 0 aliphatic rings. The van der Waals surface area contributed by atoms with E-state index in [4.69, 9.17) is 0 Å². The van der Waals surface area contributed by atoms with Gasteiger partial charge in [0.25, 0.3) is 0 Å². The minimum atomic E-state index is -0.796. The third-order valence-corrected chi connectivity index (χ3v) is 1.19. The van der Waals surface area contributed by atoms with E-state index in [1.807, 2.05) is 30.3 Å². The first-order valence-corrected chi connectivity index (χ1v) is 3.51. The summed E-state index contributed by atoms with van der Waals surface area (Å²) in [5.74, 6) is 5.34. The van der Waals surface area contributed by atoms with Gasteiger partial charge < -0.3 is 0 Å². The SMILES string of the molecule is CC([O])C#Cc1ccccc1. The van der Waals surface area contributed by atoms with Crippen LogP contribution < -0.4 is 0 Å². The average Bonchev–Trinajstić information content (AvgIpc) is 2.03. The van der Waals surface area contributed by atoms with E-state index < -0.39 is 6.10 Å². The molecule has 1 nitrogen and oxygen atoms in total. The van der Waals surface area contributed by atoms with E-state index in [9.17, 15) is 5.11 Å². The van der Waals surface area contributed by atoms with Crippen molar-refractivity contribution < 1.29 is 5.11 Å². The molecule has 0 fully saturated rings. The van der Waals surface area contributed by atoms with E-state index in [1.54, 1.807) is 0 Å². The van der Waals surface area contributed by atoms with Gasteiger partial charge in [-0.1, -0.05) is 30.0 Å². The van der Waals surface area contributed by atoms with Crippen LogP contribution in [-0.4, -0.2) is 6.10 Å². The van der Waals surface area contributed by atoms with Crippen LogP contribution in [0.1, 0.15) is 12.5 Å². The number of rotatable bonds is 0. The van der Waals surface area contributed by atoms with Gasteiger partial charge in [-0.3, -0.25) is 0 Å². The highest BCUT2D eigenvalue weighted by atomic mass is 16.3. The molecule has 1 rings (SSSR count). The summed E-state index contributed by atoms with van der Waals surface area (Å²) in [4.78, 5) is 0. The zero-order valence-corrected chi connectivity index (χ0v) is 6.37. The Morgan fingerprint density at radius 2 is 1.91 bits per heavy atom. The van der Waals surface area contributed by atoms with Gasteiger partial charge in [0.1, 0.15) is 0 Å². The Balaban J connectivity index is 2.75. The fourth-order valence-corrected chi connectivity index (χ4v) is 0.706. The van der Waals surface area contributed by atoms with Gasteiger partial charge in [-0.05, 0) is 19.1 Å². The van der Waals surface area contributed by atoms with Crippen LogP contribution in [0.3, 0.4) is 0 Å². The molecule has 11 heavy (non-hydrogen) atoms. The zero-order valence-electron chi connectivity index (χ0n) is 6.37. The number of hydrogen-bond acceptors (Lipinski definition) is 0. The molecule has 1 unspecified atom stereocenters. The van der Waals surface area contributed by atoms with E-state index in [1.165, 1.54) is 6.92 Å². The van der Waals surface area contributed by atoms with E-state index in [2.05, 4.69) is 11.8 Å². The Morgan fingerprint density at radius 1 is 1.27 bits per heavy atom. The lowest BCUT2D eigenvalue weighted by molar-refractivity contribution is 0.154. The standard InChI is InChI=1S/C10H9O/c1-9(11)7-8-10-5-3-2-4-6-10/h2-6,9H,1H3. The molecule has 0 aliphatic carbocycles. The molecule has 1 aromatic rings. The molecule has 0 aliphatic heterocycles. The Labute approximate surface area is 66.7 Å². The average molecular weight is 145 g/mol. The van der Waals surface area contributed by atoms with Crippen molar-refractivity contribution in [1.82, 2.24) is 0 Å². The predicted octanol–water partition coefficient (Wildman–Crippen LogP) is 1.86. The van der Waals surface area contributed by atoms with E-state index in [0.717, 1.165) is 5.56 Å². The molecular formula is C10H9O. The van der Waals surface area contributed by atoms with Crippen molar-refractivity contribution >= 4 is 0 Å². The summed E-state index contributed by atoms with van der Waals surface area (Å²) >= 11 is 0. The first-order valence-electron chi connectivity index (χ1n) is 3.51.